The van der Waals surface area contributed by atoms with Gasteiger partial charge in [-0.05, 0) is 6.92 Å². The van der Waals surface area contributed by atoms with Crippen LogP contribution in [0.25, 0.3) is 0 Å². The highest BCUT2D eigenvalue weighted by Crippen LogP contribution is 2.04. The van der Waals surface area contributed by atoms with Crippen molar-refractivity contribution in [2.45, 2.75) is 13.0 Å². The molecule has 0 aliphatic rings. The van der Waals surface area contributed by atoms with Crippen molar-refractivity contribution in [3.8, 4) is 0 Å². The molecule has 8 heteroatoms. The summed E-state index contributed by atoms with van der Waals surface area (Å²) in [5.74, 6) is -0.971. The van der Waals surface area contributed by atoms with Crippen LogP contribution >= 0.6 is 12.2 Å². The Bertz CT molecular complexity index is 417. The van der Waals surface area contributed by atoms with E-state index >= 15 is 0 Å². The Labute approximate surface area is 103 Å². The minimum atomic E-state index is -0.781. The molecule has 5 N–H and O–H groups in total. The lowest BCUT2D eigenvalue weighted by atomic mass is 10.3. The Balaban J connectivity index is 2.43. The van der Waals surface area contributed by atoms with E-state index in [1.54, 1.807) is 19.3 Å². The van der Waals surface area contributed by atoms with Gasteiger partial charge >= 0.3 is 11.8 Å². The maximum Gasteiger partial charge on any atom is 0.309 e. The monoisotopic (exact) mass is 255 g/mol. The fraction of sp³-hybridized carbons (Fsp3) is 0.333. The lowest BCUT2D eigenvalue weighted by Crippen LogP contribution is -2.43. The Morgan fingerprint density at radius 3 is 2.82 bits per heavy atom. The summed E-state index contributed by atoms with van der Waals surface area (Å²) in [6.45, 7) is 1.70. The fourth-order valence-electron chi connectivity index (χ4n) is 1.09. The molecule has 0 radical (unpaired) electrons. The second-order valence-corrected chi connectivity index (χ2v) is 3.84. The van der Waals surface area contributed by atoms with Gasteiger partial charge in [0.25, 0.3) is 0 Å². The molecule has 0 aliphatic carbocycles. The lowest BCUT2D eigenvalue weighted by Gasteiger charge is -2.11. The number of hydrogen-bond donors (Lipinski definition) is 4. The van der Waals surface area contributed by atoms with Crippen molar-refractivity contribution < 1.29 is 9.59 Å². The van der Waals surface area contributed by atoms with Gasteiger partial charge in [-0.25, -0.2) is 4.98 Å². The number of imidazole rings is 1. The molecule has 0 saturated carbocycles. The van der Waals surface area contributed by atoms with Gasteiger partial charge in [-0.2, -0.15) is 0 Å². The van der Waals surface area contributed by atoms with E-state index in [-0.39, 0.29) is 17.6 Å². The van der Waals surface area contributed by atoms with E-state index in [2.05, 4.69) is 32.8 Å². The molecular formula is C9H13N5O2S. The normalized spacial score (nSPS) is 11.6. The number of carbonyl (C=O) groups excluding carboxylic acids is 2. The van der Waals surface area contributed by atoms with E-state index in [1.807, 2.05) is 0 Å². The topological polar surface area (TPSA) is 113 Å². The number of aromatic nitrogens is 2. The first kappa shape index (κ1) is 13.1. The van der Waals surface area contributed by atoms with Crippen LogP contribution in [0, 0.1) is 0 Å². The predicted octanol–water partition coefficient (Wildman–Crippen LogP) is -1.01. The third kappa shape index (κ3) is 4.19. The first-order chi connectivity index (χ1) is 8.00. The van der Waals surface area contributed by atoms with E-state index in [1.165, 1.54) is 0 Å². The summed E-state index contributed by atoms with van der Waals surface area (Å²) in [6, 6.07) is -0.381. The number of nitrogens with zero attached hydrogens (tertiary/aromatic N) is 1. The number of nitrogens with two attached hydrogens (primary N) is 1. The molecule has 92 valence electrons. The zero-order chi connectivity index (χ0) is 12.8. The predicted molar refractivity (Wildman–Crippen MR) is 64.9 cm³/mol. The summed E-state index contributed by atoms with van der Waals surface area (Å²) < 4.78 is 0. The number of aromatic amines is 1. The lowest BCUT2D eigenvalue weighted by molar-refractivity contribution is -0.139. The van der Waals surface area contributed by atoms with Gasteiger partial charge in [0, 0.05) is 12.4 Å². The van der Waals surface area contributed by atoms with Crippen molar-refractivity contribution in [3.63, 3.8) is 0 Å². The highest BCUT2D eigenvalue weighted by atomic mass is 32.1. The fourth-order valence-corrected chi connectivity index (χ4v) is 1.16. The molecule has 0 bridgehead atoms. The van der Waals surface area contributed by atoms with Crippen LogP contribution in [-0.2, 0) is 9.59 Å². The molecule has 0 spiro atoms. The Hall–Kier alpha value is -1.96. The average molecular weight is 255 g/mol. The van der Waals surface area contributed by atoms with Crippen LogP contribution in [0.5, 0.6) is 0 Å². The van der Waals surface area contributed by atoms with Gasteiger partial charge in [-0.15, -0.1) is 0 Å². The molecule has 1 aromatic rings. The minimum absolute atomic E-state index is 0.00325. The molecule has 0 fully saturated rings. The van der Waals surface area contributed by atoms with Crippen molar-refractivity contribution in [3.05, 3.63) is 18.2 Å². The van der Waals surface area contributed by atoms with Gasteiger partial charge in [0.1, 0.15) is 5.82 Å². The smallest absolute Gasteiger partial charge is 0.309 e. The van der Waals surface area contributed by atoms with E-state index in [9.17, 15) is 9.59 Å². The minimum Gasteiger partial charge on any atom is -0.392 e. The number of nitrogens with one attached hydrogen (secondary N) is 3. The summed E-state index contributed by atoms with van der Waals surface area (Å²) in [4.78, 5) is 29.6. The van der Waals surface area contributed by atoms with Gasteiger partial charge in [-0.1, -0.05) is 12.2 Å². The number of thiocarbonyl (C=S) groups is 1. The molecule has 1 heterocycles. The standard InChI is InChI=1S/C9H13N5O2S/c1-5(7-11-2-3-12-7)14-9(16)8(15)13-4-6(10)17/h2-3,5H,4H2,1H3,(H2,10,17)(H,11,12)(H,13,15)(H,14,16). The third-order valence-electron chi connectivity index (χ3n) is 1.91. The summed E-state index contributed by atoms with van der Waals surface area (Å²) >= 11 is 4.57. The number of carbonyl (C=O) groups is 2. The molecule has 0 saturated heterocycles. The van der Waals surface area contributed by atoms with Crippen LogP contribution in [0.15, 0.2) is 12.4 Å². The van der Waals surface area contributed by atoms with E-state index in [4.69, 9.17) is 5.73 Å². The van der Waals surface area contributed by atoms with Crippen molar-refractivity contribution >= 4 is 29.0 Å². The number of H-pyrrole nitrogens is 1. The first-order valence-electron chi connectivity index (χ1n) is 4.87. The highest BCUT2D eigenvalue weighted by Gasteiger charge is 2.17. The molecule has 0 aliphatic heterocycles. The SMILES string of the molecule is CC(NC(=O)C(=O)NCC(N)=S)c1ncc[nH]1. The quantitative estimate of drug-likeness (QED) is 0.407. The van der Waals surface area contributed by atoms with Crippen LogP contribution in [0.4, 0.5) is 0 Å². The zero-order valence-electron chi connectivity index (χ0n) is 9.19. The molecule has 1 unspecified atom stereocenters. The Morgan fingerprint density at radius 1 is 1.59 bits per heavy atom. The van der Waals surface area contributed by atoms with Gasteiger partial charge in [0.05, 0.1) is 17.6 Å². The molecule has 1 aromatic heterocycles. The summed E-state index contributed by atoms with van der Waals surface area (Å²) in [5, 5.41) is 4.76. The van der Waals surface area contributed by atoms with Crippen LogP contribution < -0.4 is 16.4 Å². The van der Waals surface area contributed by atoms with Crippen LogP contribution in [0.1, 0.15) is 18.8 Å². The molecular weight excluding hydrogens is 242 g/mol. The summed E-state index contributed by atoms with van der Waals surface area (Å²) in [7, 11) is 0. The van der Waals surface area contributed by atoms with Crippen LogP contribution in [0.2, 0.25) is 0 Å². The largest absolute Gasteiger partial charge is 0.392 e. The zero-order valence-corrected chi connectivity index (χ0v) is 10.0. The maximum absolute atomic E-state index is 11.4. The number of rotatable bonds is 4. The van der Waals surface area contributed by atoms with Crippen molar-refractivity contribution in [1.82, 2.24) is 20.6 Å². The second kappa shape index (κ2) is 5.94. The molecule has 2 amide bonds. The van der Waals surface area contributed by atoms with Gasteiger partial charge < -0.3 is 21.4 Å². The number of amides is 2. The highest BCUT2D eigenvalue weighted by molar-refractivity contribution is 7.80. The van der Waals surface area contributed by atoms with Crippen molar-refractivity contribution in [2.24, 2.45) is 5.73 Å². The molecule has 17 heavy (non-hydrogen) atoms. The van der Waals surface area contributed by atoms with E-state index < -0.39 is 11.8 Å². The summed E-state index contributed by atoms with van der Waals surface area (Å²) in [5.41, 5.74) is 5.19. The van der Waals surface area contributed by atoms with Gasteiger partial charge in [0.15, 0.2) is 0 Å². The Kier molecular flexibility index (Phi) is 4.58. The first-order valence-corrected chi connectivity index (χ1v) is 5.27. The Morgan fingerprint density at radius 2 is 2.29 bits per heavy atom. The van der Waals surface area contributed by atoms with E-state index in [0.29, 0.717) is 5.82 Å². The van der Waals surface area contributed by atoms with Crippen LogP contribution in [-0.4, -0.2) is 33.3 Å². The van der Waals surface area contributed by atoms with Gasteiger partial charge in [0.2, 0.25) is 0 Å². The molecule has 7 nitrogen and oxygen atoms in total. The van der Waals surface area contributed by atoms with E-state index in [0.717, 1.165) is 0 Å². The van der Waals surface area contributed by atoms with Crippen molar-refractivity contribution in [2.75, 3.05) is 6.54 Å². The maximum atomic E-state index is 11.4. The summed E-state index contributed by atoms with van der Waals surface area (Å²) in [6.07, 6.45) is 3.19. The van der Waals surface area contributed by atoms with Crippen molar-refractivity contribution in [1.29, 1.82) is 0 Å². The third-order valence-corrected chi connectivity index (χ3v) is 2.05. The second-order valence-electron chi connectivity index (χ2n) is 3.32. The molecule has 1 atom stereocenters. The average Bonchev–Trinajstić information content (AvgIpc) is 2.78. The molecule has 0 aromatic carbocycles. The molecule has 1 rings (SSSR count). The number of hydrogen-bond acceptors (Lipinski definition) is 4. The van der Waals surface area contributed by atoms with Crippen LogP contribution in [0.3, 0.4) is 0 Å². The van der Waals surface area contributed by atoms with Gasteiger partial charge in [-0.3, -0.25) is 9.59 Å².